The van der Waals surface area contributed by atoms with Crippen molar-refractivity contribution >= 4 is 23.3 Å². The number of aromatic nitrogens is 2. The van der Waals surface area contributed by atoms with E-state index in [1.54, 1.807) is 24.3 Å². The summed E-state index contributed by atoms with van der Waals surface area (Å²) >= 11 is 6.09. The molecule has 1 aliphatic carbocycles. The number of halogens is 1. The third-order valence-electron chi connectivity index (χ3n) is 6.48. The van der Waals surface area contributed by atoms with E-state index in [9.17, 15) is 4.79 Å². The Morgan fingerprint density at radius 2 is 1.85 bits per heavy atom. The molecule has 2 aliphatic rings. The van der Waals surface area contributed by atoms with Gasteiger partial charge in [0.05, 0.1) is 16.7 Å². The maximum Gasteiger partial charge on any atom is 0.272 e. The molecule has 1 saturated heterocycles. The molecular weight excluding hydrogens is 440 g/mol. The van der Waals surface area contributed by atoms with Crippen LogP contribution in [0.5, 0.6) is 5.75 Å². The molecule has 174 valence electrons. The SMILES string of the molecule is CNC1CCN(c2ccc(C(=O)N[C@H]3CC[C@H](Oc4ccc(C#N)c(Cl)c4)CC3)nn2)CC1. The fraction of sp³-hybridized carbons (Fsp3) is 0.500. The Hall–Kier alpha value is -2.89. The Labute approximate surface area is 199 Å². The normalized spacial score (nSPS) is 21.3. The van der Waals surface area contributed by atoms with E-state index in [2.05, 4.69) is 25.7 Å². The number of piperidine rings is 1. The van der Waals surface area contributed by atoms with E-state index in [0.29, 0.717) is 28.1 Å². The number of hydrogen-bond acceptors (Lipinski definition) is 7. The van der Waals surface area contributed by atoms with E-state index in [-0.39, 0.29) is 18.1 Å². The van der Waals surface area contributed by atoms with Crippen molar-refractivity contribution < 1.29 is 9.53 Å². The average Bonchev–Trinajstić information content (AvgIpc) is 2.85. The summed E-state index contributed by atoms with van der Waals surface area (Å²) in [6.07, 6.45) is 5.52. The van der Waals surface area contributed by atoms with Gasteiger partial charge in [0.1, 0.15) is 11.8 Å². The Morgan fingerprint density at radius 3 is 2.45 bits per heavy atom. The minimum atomic E-state index is -0.189. The number of amides is 1. The Morgan fingerprint density at radius 1 is 1.09 bits per heavy atom. The van der Waals surface area contributed by atoms with Crippen LogP contribution in [0.2, 0.25) is 5.02 Å². The van der Waals surface area contributed by atoms with Crippen molar-refractivity contribution in [2.75, 3.05) is 25.0 Å². The van der Waals surface area contributed by atoms with Gasteiger partial charge in [0.25, 0.3) is 5.91 Å². The molecule has 2 aromatic rings. The summed E-state index contributed by atoms with van der Waals surface area (Å²) in [6, 6.07) is 11.4. The van der Waals surface area contributed by atoms with Crippen LogP contribution < -0.4 is 20.3 Å². The summed E-state index contributed by atoms with van der Waals surface area (Å²) in [5, 5.41) is 24.2. The summed E-state index contributed by atoms with van der Waals surface area (Å²) in [5.41, 5.74) is 0.777. The van der Waals surface area contributed by atoms with Crippen molar-refractivity contribution in [3.05, 3.63) is 46.6 Å². The number of nitrogens with one attached hydrogen (secondary N) is 2. The second kappa shape index (κ2) is 10.8. The lowest BCUT2D eigenvalue weighted by Crippen LogP contribution is -2.42. The Bertz CT molecular complexity index is 993. The maximum atomic E-state index is 12.6. The monoisotopic (exact) mass is 468 g/mol. The molecule has 9 heteroatoms. The topological polar surface area (TPSA) is 103 Å². The average molecular weight is 469 g/mol. The molecule has 1 aromatic heterocycles. The highest BCUT2D eigenvalue weighted by molar-refractivity contribution is 6.31. The standard InChI is InChI=1S/C24H29ClN6O2/c1-27-17-10-12-31(13-11-17)23-9-8-22(29-30-23)24(32)28-18-3-6-19(7-4-18)33-20-5-2-16(15-26)21(25)14-20/h2,5,8-9,14,17-19,27H,3-4,6-7,10-13H2,1H3,(H,28,32)/t18-,19-. The van der Waals surface area contributed by atoms with E-state index < -0.39 is 0 Å². The zero-order valence-electron chi connectivity index (χ0n) is 18.8. The first-order valence-corrected chi connectivity index (χ1v) is 11.9. The van der Waals surface area contributed by atoms with Crippen molar-refractivity contribution in [1.29, 1.82) is 5.26 Å². The van der Waals surface area contributed by atoms with Gasteiger partial charge in [-0.3, -0.25) is 4.79 Å². The molecular formula is C24H29ClN6O2. The lowest BCUT2D eigenvalue weighted by Gasteiger charge is -2.32. The molecule has 0 radical (unpaired) electrons. The molecule has 1 saturated carbocycles. The van der Waals surface area contributed by atoms with Gasteiger partial charge >= 0.3 is 0 Å². The number of benzene rings is 1. The van der Waals surface area contributed by atoms with Gasteiger partial charge in [-0.25, -0.2) is 0 Å². The molecule has 0 bridgehead atoms. The number of carbonyl (C=O) groups excluding carboxylic acids is 1. The van der Waals surface area contributed by atoms with Crippen molar-refractivity contribution in [2.45, 2.75) is 56.7 Å². The second-order valence-electron chi connectivity index (χ2n) is 8.65. The lowest BCUT2D eigenvalue weighted by atomic mass is 9.93. The van der Waals surface area contributed by atoms with Crippen LogP contribution in [0.3, 0.4) is 0 Å². The van der Waals surface area contributed by atoms with Gasteiger partial charge in [-0.15, -0.1) is 10.2 Å². The van der Waals surface area contributed by atoms with E-state index >= 15 is 0 Å². The van der Waals surface area contributed by atoms with Crippen LogP contribution in [-0.4, -0.2) is 54.4 Å². The van der Waals surface area contributed by atoms with Gasteiger partial charge in [-0.1, -0.05) is 11.6 Å². The van der Waals surface area contributed by atoms with Crippen molar-refractivity contribution in [3.63, 3.8) is 0 Å². The minimum Gasteiger partial charge on any atom is -0.490 e. The van der Waals surface area contributed by atoms with Gasteiger partial charge in [0.15, 0.2) is 11.5 Å². The van der Waals surface area contributed by atoms with E-state index in [1.807, 2.05) is 19.2 Å². The number of nitriles is 1. The third kappa shape index (κ3) is 5.92. The first kappa shape index (κ1) is 23.3. The van der Waals surface area contributed by atoms with Gasteiger partial charge in [0, 0.05) is 31.2 Å². The largest absolute Gasteiger partial charge is 0.490 e. The van der Waals surface area contributed by atoms with Crippen molar-refractivity contribution in [3.8, 4) is 11.8 Å². The molecule has 0 spiro atoms. The summed E-state index contributed by atoms with van der Waals surface area (Å²) < 4.78 is 6.02. The van der Waals surface area contributed by atoms with Crippen LogP contribution in [0.15, 0.2) is 30.3 Å². The molecule has 2 heterocycles. The smallest absolute Gasteiger partial charge is 0.272 e. The predicted octanol–water partition coefficient (Wildman–Crippen LogP) is 3.31. The molecule has 8 nitrogen and oxygen atoms in total. The summed E-state index contributed by atoms with van der Waals surface area (Å²) in [4.78, 5) is 14.9. The zero-order valence-corrected chi connectivity index (χ0v) is 19.5. The minimum absolute atomic E-state index is 0.0632. The number of hydrogen-bond donors (Lipinski definition) is 2. The van der Waals surface area contributed by atoms with Crippen LogP contribution in [0.25, 0.3) is 0 Å². The third-order valence-corrected chi connectivity index (χ3v) is 6.80. The quantitative estimate of drug-likeness (QED) is 0.670. The zero-order chi connectivity index (χ0) is 23.2. The lowest BCUT2D eigenvalue weighted by molar-refractivity contribution is 0.0888. The summed E-state index contributed by atoms with van der Waals surface area (Å²) in [7, 11) is 2.00. The maximum absolute atomic E-state index is 12.6. The van der Waals surface area contributed by atoms with E-state index in [4.69, 9.17) is 21.6 Å². The highest BCUT2D eigenvalue weighted by Gasteiger charge is 2.25. The molecule has 1 amide bonds. The Balaban J connectivity index is 1.24. The van der Waals surface area contributed by atoms with E-state index in [1.165, 1.54) is 0 Å². The first-order valence-electron chi connectivity index (χ1n) is 11.5. The van der Waals surface area contributed by atoms with Crippen LogP contribution in [0.1, 0.15) is 54.6 Å². The summed E-state index contributed by atoms with van der Waals surface area (Å²) in [6.45, 7) is 1.87. The highest BCUT2D eigenvalue weighted by Crippen LogP contribution is 2.27. The van der Waals surface area contributed by atoms with Gasteiger partial charge in [0.2, 0.25) is 0 Å². The Kier molecular flexibility index (Phi) is 7.63. The van der Waals surface area contributed by atoms with Gasteiger partial charge in [-0.2, -0.15) is 5.26 Å². The van der Waals surface area contributed by atoms with Crippen molar-refractivity contribution in [2.24, 2.45) is 0 Å². The molecule has 0 unspecified atom stereocenters. The van der Waals surface area contributed by atoms with Crippen LogP contribution in [-0.2, 0) is 0 Å². The molecule has 4 rings (SSSR count). The fourth-order valence-electron chi connectivity index (χ4n) is 4.45. The summed E-state index contributed by atoms with van der Waals surface area (Å²) in [5.74, 6) is 1.30. The number of ether oxygens (including phenoxy) is 1. The molecule has 1 aromatic carbocycles. The van der Waals surface area contributed by atoms with E-state index in [0.717, 1.165) is 57.4 Å². The van der Waals surface area contributed by atoms with Gasteiger partial charge < -0.3 is 20.3 Å². The van der Waals surface area contributed by atoms with Gasteiger partial charge in [-0.05, 0) is 69.8 Å². The molecule has 33 heavy (non-hydrogen) atoms. The number of anilines is 1. The number of carbonyl (C=O) groups is 1. The number of nitrogens with zero attached hydrogens (tertiary/aromatic N) is 4. The second-order valence-corrected chi connectivity index (χ2v) is 9.05. The molecule has 2 fully saturated rings. The fourth-order valence-corrected chi connectivity index (χ4v) is 4.66. The first-order chi connectivity index (χ1) is 16.1. The molecule has 1 aliphatic heterocycles. The molecule has 2 N–H and O–H groups in total. The van der Waals surface area contributed by atoms with Crippen LogP contribution in [0.4, 0.5) is 5.82 Å². The van der Waals surface area contributed by atoms with Crippen molar-refractivity contribution in [1.82, 2.24) is 20.8 Å². The highest BCUT2D eigenvalue weighted by atomic mass is 35.5. The molecule has 0 atom stereocenters. The predicted molar refractivity (Wildman–Crippen MR) is 127 cm³/mol. The number of rotatable bonds is 6. The van der Waals surface area contributed by atoms with Crippen LogP contribution in [0, 0.1) is 11.3 Å². The van der Waals surface area contributed by atoms with Crippen LogP contribution >= 0.6 is 11.6 Å².